The van der Waals surface area contributed by atoms with Gasteiger partial charge in [-0.3, -0.25) is 9.59 Å². The van der Waals surface area contributed by atoms with Crippen molar-refractivity contribution in [3.63, 3.8) is 0 Å². The van der Waals surface area contributed by atoms with E-state index in [2.05, 4.69) is 11.9 Å². The van der Waals surface area contributed by atoms with E-state index >= 15 is 0 Å². The second kappa shape index (κ2) is 10.7. The lowest BCUT2D eigenvalue weighted by Crippen LogP contribution is -2.23. The van der Waals surface area contributed by atoms with Crippen molar-refractivity contribution in [1.82, 2.24) is 0 Å². The number of ether oxygens (including phenoxy) is 3. The molecule has 0 aliphatic rings. The highest BCUT2D eigenvalue weighted by Gasteiger charge is 2.12. The molecule has 0 aliphatic heterocycles. The van der Waals surface area contributed by atoms with E-state index in [0.29, 0.717) is 29.2 Å². The first-order valence-electron chi connectivity index (χ1n) is 8.90. The minimum absolute atomic E-state index is 0.0659. The predicted molar refractivity (Wildman–Crippen MR) is 108 cm³/mol. The summed E-state index contributed by atoms with van der Waals surface area (Å²) in [4.78, 5) is 35.0. The van der Waals surface area contributed by atoms with Gasteiger partial charge in [-0.1, -0.05) is 12.1 Å². The lowest BCUT2D eigenvalue weighted by molar-refractivity contribution is -0.149. The molecule has 152 valence electrons. The number of rotatable bonds is 10. The van der Waals surface area contributed by atoms with Gasteiger partial charge in [-0.15, -0.1) is 6.58 Å². The first-order chi connectivity index (χ1) is 13.9. The molecular formula is C22H23NO6. The molecule has 2 aromatic rings. The Kier molecular flexibility index (Phi) is 7.97. The van der Waals surface area contributed by atoms with Crippen LogP contribution in [-0.2, 0) is 20.7 Å². The molecule has 7 nitrogen and oxygen atoms in total. The quantitative estimate of drug-likeness (QED) is 0.376. The second-order valence-electron chi connectivity index (χ2n) is 6.11. The summed E-state index contributed by atoms with van der Waals surface area (Å²) in [7, 11) is 1.51. The molecule has 1 N–H and O–H groups in total. The Morgan fingerprint density at radius 2 is 1.76 bits per heavy atom. The van der Waals surface area contributed by atoms with Gasteiger partial charge in [0.2, 0.25) is 0 Å². The van der Waals surface area contributed by atoms with Crippen LogP contribution in [0.4, 0.5) is 5.69 Å². The highest BCUT2D eigenvalue weighted by Crippen LogP contribution is 2.28. The molecule has 1 amide bonds. The van der Waals surface area contributed by atoms with Crippen molar-refractivity contribution in [3.8, 4) is 11.5 Å². The number of amides is 1. The Balaban J connectivity index is 1.80. The predicted octanol–water partition coefficient (Wildman–Crippen LogP) is 3.19. The Morgan fingerprint density at radius 3 is 2.38 bits per heavy atom. The van der Waals surface area contributed by atoms with Gasteiger partial charge in [0.25, 0.3) is 5.91 Å². The summed E-state index contributed by atoms with van der Waals surface area (Å²) in [5, 5.41) is 2.58. The Morgan fingerprint density at radius 1 is 1.03 bits per heavy atom. The van der Waals surface area contributed by atoms with Gasteiger partial charge in [0.1, 0.15) is 0 Å². The molecule has 0 bridgehead atoms. The summed E-state index contributed by atoms with van der Waals surface area (Å²) in [6, 6.07) is 11.7. The van der Waals surface area contributed by atoms with Gasteiger partial charge in [0, 0.05) is 11.3 Å². The number of hydrogen-bond donors (Lipinski definition) is 1. The van der Waals surface area contributed by atoms with Crippen LogP contribution in [0.1, 0.15) is 22.8 Å². The number of benzene rings is 2. The van der Waals surface area contributed by atoms with Crippen molar-refractivity contribution >= 4 is 23.3 Å². The fraction of sp³-hybridized carbons (Fsp3) is 0.227. The highest BCUT2D eigenvalue weighted by molar-refractivity contribution is 5.96. The Labute approximate surface area is 169 Å². The molecule has 0 aliphatic carbocycles. The molecule has 7 heteroatoms. The van der Waals surface area contributed by atoms with E-state index in [1.54, 1.807) is 42.5 Å². The standard InChI is InChI=1S/C22H23NO6/c1-4-5-16-6-11-19(20(12-16)27-3)28-14-22(26)29-13-21(25)23-18-9-7-17(8-10-18)15(2)24/h4,6-12H,1,5,13-14H2,2-3H3,(H,23,25). The largest absolute Gasteiger partial charge is 0.493 e. The van der Waals surface area contributed by atoms with Crippen LogP contribution in [0.15, 0.2) is 55.1 Å². The number of carbonyl (C=O) groups excluding carboxylic acids is 3. The van der Waals surface area contributed by atoms with E-state index < -0.39 is 18.5 Å². The lowest BCUT2D eigenvalue weighted by atomic mass is 10.1. The summed E-state index contributed by atoms with van der Waals surface area (Å²) in [5.41, 5.74) is 2.04. The third-order valence-electron chi connectivity index (χ3n) is 3.89. The first-order valence-corrected chi connectivity index (χ1v) is 8.90. The van der Waals surface area contributed by atoms with Crippen LogP contribution in [-0.4, -0.2) is 38.0 Å². The Hall–Kier alpha value is -3.61. The molecular weight excluding hydrogens is 374 g/mol. The number of ketones is 1. The zero-order valence-corrected chi connectivity index (χ0v) is 16.4. The highest BCUT2D eigenvalue weighted by atomic mass is 16.6. The number of Topliss-reactive ketones (excluding diaryl/α,β-unsaturated/α-hetero) is 1. The van der Waals surface area contributed by atoms with Gasteiger partial charge in [-0.2, -0.15) is 0 Å². The third-order valence-corrected chi connectivity index (χ3v) is 3.89. The number of esters is 1. The summed E-state index contributed by atoms with van der Waals surface area (Å²) in [6.07, 6.45) is 2.46. The molecule has 0 saturated carbocycles. The number of nitrogens with one attached hydrogen (secondary N) is 1. The van der Waals surface area contributed by atoms with Crippen LogP contribution in [0.25, 0.3) is 0 Å². The normalized spacial score (nSPS) is 10.0. The van der Waals surface area contributed by atoms with Crippen molar-refractivity contribution in [1.29, 1.82) is 0 Å². The number of carbonyl (C=O) groups is 3. The van der Waals surface area contributed by atoms with E-state index in [4.69, 9.17) is 14.2 Å². The average Bonchev–Trinajstić information content (AvgIpc) is 2.71. The summed E-state index contributed by atoms with van der Waals surface area (Å²) >= 11 is 0. The van der Waals surface area contributed by atoms with E-state index in [1.807, 2.05) is 6.07 Å². The minimum atomic E-state index is -0.690. The molecule has 2 aromatic carbocycles. The number of methoxy groups -OCH3 is 1. The van der Waals surface area contributed by atoms with E-state index in [9.17, 15) is 14.4 Å². The van der Waals surface area contributed by atoms with Crippen molar-refractivity contribution in [3.05, 3.63) is 66.2 Å². The summed E-state index contributed by atoms with van der Waals surface area (Å²) in [5.74, 6) is -0.371. The number of anilines is 1. The van der Waals surface area contributed by atoms with Crippen molar-refractivity contribution in [2.75, 3.05) is 25.6 Å². The minimum Gasteiger partial charge on any atom is -0.493 e. The molecule has 0 aromatic heterocycles. The van der Waals surface area contributed by atoms with Crippen LogP contribution in [0.3, 0.4) is 0 Å². The van der Waals surface area contributed by atoms with Crippen LogP contribution in [0.2, 0.25) is 0 Å². The fourth-order valence-corrected chi connectivity index (χ4v) is 2.43. The number of hydrogen-bond acceptors (Lipinski definition) is 6. The van der Waals surface area contributed by atoms with E-state index in [0.717, 1.165) is 5.56 Å². The SMILES string of the molecule is C=CCc1ccc(OCC(=O)OCC(=O)Nc2ccc(C(C)=O)cc2)c(OC)c1. The van der Waals surface area contributed by atoms with Crippen LogP contribution >= 0.6 is 0 Å². The summed E-state index contributed by atoms with van der Waals surface area (Å²) < 4.78 is 15.6. The van der Waals surface area contributed by atoms with Gasteiger partial charge < -0.3 is 19.5 Å². The molecule has 2 rings (SSSR count). The average molecular weight is 397 g/mol. The maximum absolute atomic E-state index is 11.9. The lowest BCUT2D eigenvalue weighted by Gasteiger charge is -2.12. The molecule has 0 radical (unpaired) electrons. The smallest absolute Gasteiger partial charge is 0.344 e. The van der Waals surface area contributed by atoms with Gasteiger partial charge in [-0.05, 0) is 55.3 Å². The van der Waals surface area contributed by atoms with Gasteiger partial charge >= 0.3 is 5.97 Å². The van der Waals surface area contributed by atoms with Crippen molar-refractivity contribution in [2.24, 2.45) is 0 Å². The van der Waals surface area contributed by atoms with Crippen LogP contribution < -0.4 is 14.8 Å². The van der Waals surface area contributed by atoms with Gasteiger partial charge in [0.05, 0.1) is 7.11 Å². The molecule has 0 fully saturated rings. The molecule has 29 heavy (non-hydrogen) atoms. The maximum Gasteiger partial charge on any atom is 0.344 e. The fourth-order valence-electron chi connectivity index (χ4n) is 2.43. The van der Waals surface area contributed by atoms with Crippen LogP contribution in [0.5, 0.6) is 11.5 Å². The molecule has 0 spiro atoms. The maximum atomic E-state index is 11.9. The zero-order valence-electron chi connectivity index (χ0n) is 16.4. The van der Waals surface area contributed by atoms with Crippen molar-refractivity contribution in [2.45, 2.75) is 13.3 Å². The van der Waals surface area contributed by atoms with Gasteiger partial charge in [0.15, 0.2) is 30.5 Å². The van der Waals surface area contributed by atoms with Gasteiger partial charge in [-0.25, -0.2) is 4.79 Å². The summed E-state index contributed by atoms with van der Waals surface area (Å²) in [6.45, 7) is 4.33. The molecule has 0 unspecified atom stereocenters. The van der Waals surface area contributed by atoms with Crippen LogP contribution in [0, 0.1) is 0 Å². The zero-order chi connectivity index (χ0) is 21.2. The third kappa shape index (κ3) is 6.80. The van der Waals surface area contributed by atoms with E-state index in [-0.39, 0.29) is 12.4 Å². The Bertz CT molecular complexity index is 889. The van der Waals surface area contributed by atoms with E-state index in [1.165, 1.54) is 14.0 Å². The first kappa shape index (κ1) is 21.7. The number of allylic oxidation sites excluding steroid dienone is 1. The molecule has 0 atom stereocenters. The van der Waals surface area contributed by atoms with Crippen molar-refractivity contribution < 1.29 is 28.6 Å². The monoisotopic (exact) mass is 397 g/mol. The molecule has 0 saturated heterocycles. The second-order valence-corrected chi connectivity index (χ2v) is 6.11. The molecule has 0 heterocycles. The topological polar surface area (TPSA) is 90.9 Å².